The van der Waals surface area contributed by atoms with E-state index in [1.807, 2.05) is 23.2 Å². The SMILES string of the molecule is O=C(NCc1ccc(Cn2ccnc2)cc1)C1CCN(Cc2cccc(Br)c2)CC1. The number of benzene rings is 2. The van der Waals surface area contributed by atoms with Gasteiger partial charge in [-0.05, 0) is 54.8 Å². The normalized spacial score (nSPS) is 15.2. The van der Waals surface area contributed by atoms with Gasteiger partial charge in [-0.2, -0.15) is 0 Å². The van der Waals surface area contributed by atoms with Crippen molar-refractivity contribution in [2.75, 3.05) is 13.1 Å². The number of hydrogen-bond acceptors (Lipinski definition) is 3. The van der Waals surface area contributed by atoms with Crippen LogP contribution in [0.1, 0.15) is 29.5 Å². The molecule has 0 atom stereocenters. The van der Waals surface area contributed by atoms with Gasteiger partial charge in [-0.1, -0.05) is 52.3 Å². The average Bonchev–Trinajstić information content (AvgIpc) is 3.27. The Bertz CT molecular complexity index is 948. The first-order valence-electron chi connectivity index (χ1n) is 10.4. The van der Waals surface area contributed by atoms with Gasteiger partial charge in [0.25, 0.3) is 0 Å². The third-order valence-corrected chi connectivity index (χ3v) is 6.16. The quantitative estimate of drug-likeness (QED) is 0.566. The van der Waals surface area contributed by atoms with E-state index >= 15 is 0 Å². The molecule has 6 heteroatoms. The Morgan fingerprint density at radius 3 is 2.50 bits per heavy atom. The van der Waals surface area contributed by atoms with Crippen molar-refractivity contribution >= 4 is 21.8 Å². The van der Waals surface area contributed by atoms with Crippen molar-refractivity contribution in [3.05, 3.63) is 88.4 Å². The maximum atomic E-state index is 12.6. The van der Waals surface area contributed by atoms with Crippen LogP contribution in [0.3, 0.4) is 0 Å². The van der Waals surface area contributed by atoms with E-state index in [1.54, 1.807) is 6.20 Å². The smallest absolute Gasteiger partial charge is 0.223 e. The number of piperidine rings is 1. The fraction of sp³-hybridized carbons (Fsp3) is 0.333. The molecule has 30 heavy (non-hydrogen) atoms. The lowest BCUT2D eigenvalue weighted by Gasteiger charge is -2.31. The molecule has 4 rings (SSSR count). The molecule has 0 radical (unpaired) electrons. The summed E-state index contributed by atoms with van der Waals surface area (Å²) < 4.78 is 3.16. The van der Waals surface area contributed by atoms with Crippen LogP contribution in [0.4, 0.5) is 0 Å². The molecule has 1 aliphatic heterocycles. The predicted octanol–water partition coefficient (Wildman–Crippen LogP) is 4.22. The monoisotopic (exact) mass is 466 g/mol. The molecule has 0 unspecified atom stereocenters. The lowest BCUT2D eigenvalue weighted by atomic mass is 9.95. The van der Waals surface area contributed by atoms with Crippen LogP contribution < -0.4 is 5.32 Å². The van der Waals surface area contributed by atoms with Gasteiger partial charge >= 0.3 is 0 Å². The maximum absolute atomic E-state index is 12.6. The van der Waals surface area contributed by atoms with E-state index in [2.05, 4.69) is 73.6 Å². The van der Waals surface area contributed by atoms with Crippen molar-refractivity contribution in [3.63, 3.8) is 0 Å². The molecule has 1 aliphatic rings. The highest BCUT2D eigenvalue weighted by atomic mass is 79.9. The fourth-order valence-corrected chi connectivity index (χ4v) is 4.38. The molecule has 3 aromatic rings. The highest BCUT2D eigenvalue weighted by Crippen LogP contribution is 2.21. The number of carbonyl (C=O) groups is 1. The number of imidazole rings is 1. The van der Waals surface area contributed by atoms with Gasteiger partial charge in [0, 0.05) is 42.4 Å². The molecule has 0 bridgehead atoms. The van der Waals surface area contributed by atoms with Crippen LogP contribution in [0.5, 0.6) is 0 Å². The molecule has 0 spiro atoms. The zero-order valence-electron chi connectivity index (χ0n) is 17.0. The first-order valence-corrected chi connectivity index (χ1v) is 11.2. The van der Waals surface area contributed by atoms with Crippen LogP contribution >= 0.6 is 15.9 Å². The number of rotatable bonds is 7. The molecule has 1 fully saturated rings. The minimum Gasteiger partial charge on any atom is -0.352 e. The number of nitrogens with one attached hydrogen (secondary N) is 1. The molecule has 5 nitrogen and oxygen atoms in total. The molecule has 2 aromatic carbocycles. The minimum absolute atomic E-state index is 0.115. The van der Waals surface area contributed by atoms with Crippen molar-refractivity contribution in [2.45, 2.75) is 32.5 Å². The Hall–Kier alpha value is -2.44. The fourth-order valence-electron chi connectivity index (χ4n) is 3.93. The number of nitrogens with zero attached hydrogens (tertiary/aromatic N) is 3. The number of carbonyl (C=O) groups excluding carboxylic acids is 1. The Kier molecular flexibility index (Phi) is 6.97. The van der Waals surface area contributed by atoms with Gasteiger partial charge < -0.3 is 9.88 Å². The van der Waals surface area contributed by atoms with Crippen LogP contribution in [0.15, 0.2) is 71.7 Å². The predicted molar refractivity (Wildman–Crippen MR) is 122 cm³/mol. The summed E-state index contributed by atoms with van der Waals surface area (Å²) in [6.07, 6.45) is 7.40. The second-order valence-electron chi connectivity index (χ2n) is 7.95. The Balaban J connectivity index is 1.20. The summed E-state index contributed by atoms with van der Waals surface area (Å²) in [6.45, 7) is 4.27. The maximum Gasteiger partial charge on any atom is 0.223 e. The van der Waals surface area contributed by atoms with Crippen molar-refractivity contribution < 1.29 is 4.79 Å². The zero-order chi connectivity index (χ0) is 20.8. The first kappa shape index (κ1) is 20.8. The average molecular weight is 467 g/mol. The van der Waals surface area contributed by atoms with E-state index in [4.69, 9.17) is 0 Å². The molecule has 2 heterocycles. The largest absolute Gasteiger partial charge is 0.352 e. The van der Waals surface area contributed by atoms with E-state index < -0.39 is 0 Å². The lowest BCUT2D eigenvalue weighted by Crippen LogP contribution is -2.40. The van der Waals surface area contributed by atoms with Crippen LogP contribution in [-0.4, -0.2) is 33.4 Å². The number of likely N-dealkylation sites (tertiary alicyclic amines) is 1. The number of aromatic nitrogens is 2. The highest BCUT2D eigenvalue weighted by Gasteiger charge is 2.24. The Morgan fingerprint density at radius 1 is 1.03 bits per heavy atom. The van der Waals surface area contributed by atoms with Crippen molar-refractivity contribution in [2.24, 2.45) is 5.92 Å². The third kappa shape index (κ3) is 5.80. The van der Waals surface area contributed by atoms with Gasteiger partial charge in [0.15, 0.2) is 0 Å². The van der Waals surface area contributed by atoms with Crippen molar-refractivity contribution in [1.29, 1.82) is 0 Å². The summed E-state index contributed by atoms with van der Waals surface area (Å²) in [5.74, 6) is 0.295. The highest BCUT2D eigenvalue weighted by molar-refractivity contribution is 9.10. The van der Waals surface area contributed by atoms with E-state index in [1.165, 1.54) is 11.1 Å². The molecule has 0 aliphatic carbocycles. The number of hydrogen-bond donors (Lipinski definition) is 1. The van der Waals surface area contributed by atoms with Gasteiger partial charge in [0.1, 0.15) is 0 Å². The molecule has 0 saturated carbocycles. The van der Waals surface area contributed by atoms with Crippen molar-refractivity contribution in [3.8, 4) is 0 Å². The summed E-state index contributed by atoms with van der Waals surface area (Å²) in [4.78, 5) is 19.1. The van der Waals surface area contributed by atoms with E-state index in [0.29, 0.717) is 6.54 Å². The van der Waals surface area contributed by atoms with Crippen LogP contribution in [0, 0.1) is 5.92 Å². The second-order valence-corrected chi connectivity index (χ2v) is 8.87. The van der Waals surface area contributed by atoms with E-state index in [-0.39, 0.29) is 11.8 Å². The molecule has 1 amide bonds. The van der Waals surface area contributed by atoms with Crippen LogP contribution in [0.2, 0.25) is 0 Å². The minimum atomic E-state index is 0.115. The lowest BCUT2D eigenvalue weighted by molar-refractivity contribution is -0.126. The summed E-state index contributed by atoms with van der Waals surface area (Å²) in [6, 6.07) is 16.9. The Labute approximate surface area is 186 Å². The molecular weight excluding hydrogens is 440 g/mol. The van der Waals surface area contributed by atoms with E-state index in [9.17, 15) is 4.79 Å². The van der Waals surface area contributed by atoms with Crippen LogP contribution in [0.25, 0.3) is 0 Å². The first-order chi connectivity index (χ1) is 14.7. The van der Waals surface area contributed by atoms with Crippen molar-refractivity contribution in [1.82, 2.24) is 19.8 Å². The molecule has 1 saturated heterocycles. The van der Waals surface area contributed by atoms with Gasteiger partial charge in [0.05, 0.1) is 6.33 Å². The number of halogens is 1. The molecule has 156 valence electrons. The molecular formula is C24H27BrN4O. The summed E-state index contributed by atoms with van der Waals surface area (Å²) in [5, 5.41) is 3.13. The van der Waals surface area contributed by atoms with Crippen LogP contribution in [-0.2, 0) is 24.4 Å². The van der Waals surface area contributed by atoms with Gasteiger partial charge in [0.2, 0.25) is 5.91 Å². The topological polar surface area (TPSA) is 50.2 Å². The van der Waals surface area contributed by atoms with Gasteiger partial charge in [-0.15, -0.1) is 0 Å². The summed E-state index contributed by atoms with van der Waals surface area (Å²) in [7, 11) is 0. The van der Waals surface area contributed by atoms with E-state index in [0.717, 1.165) is 49.1 Å². The molecule has 1 N–H and O–H groups in total. The summed E-state index contributed by atoms with van der Waals surface area (Å²) in [5.41, 5.74) is 3.66. The molecule has 1 aromatic heterocycles. The summed E-state index contributed by atoms with van der Waals surface area (Å²) >= 11 is 3.53. The Morgan fingerprint density at radius 2 is 1.80 bits per heavy atom. The second kappa shape index (κ2) is 10.0. The van der Waals surface area contributed by atoms with Gasteiger partial charge in [-0.3, -0.25) is 9.69 Å². The third-order valence-electron chi connectivity index (χ3n) is 5.67. The zero-order valence-corrected chi connectivity index (χ0v) is 18.6. The number of amides is 1. The van der Waals surface area contributed by atoms with Gasteiger partial charge in [-0.25, -0.2) is 4.98 Å². The standard InChI is InChI=1S/C24H27BrN4O/c25-23-3-1-2-21(14-23)17-28-11-8-22(9-12-28)24(30)27-15-19-4-6-20(7-5-19)16-29-13-10-26-18-29/h1-7,10,13-14,18,22H,8-9,11-12,15-17H2,(H,27,30).